The van der Waals surface area contributed by atoms with Gasteiger partial charge in [0.05, 0.1) is 31.0 Å². The van der Waals surface area contributed by atoms with Gasteiger partial charge in [-0.2, -0.15) is 0 Å². The van der Waals surface area contributed by atoms with Crippen LogP contribution in [0.3, 0.4) is 0 Å². The smallest absolute Gasteiger partial charge is 0.235 e. The first kappa shape index (κ1) is 19.3. The van der Waals surface area contributed by atoms with Gasteiger partial charge in [-0.25, -0.2) is 4.98 Å². The second kappa shape index (κ2) is 8.57. The zero-order valence-corrected chi connectivity index (χ0v) is 16.4. The molecule has 0 spiro atoms. The Labute approximate surface area is 173 Å². The van der Waals surface area contributed by atoms with Gasteiger partial charge in [0, 0.05) is 17.4 Å². The molecule has 7 heteroatoms. The summed E-state index contributed by atoms with van der Waals surface area (Å²) in [7, 11) is 1.61. The predicted molar refractivity (Wildman–Crippen MR) is 115 cm³/mol. The Kier molecular flexibility index (Phi) is 5.52. The lowest BCUT2D eigenvalue weighted by atomic mass is 10.1. The van der Waals surface area contributed by atoms with Crippen LogP contribution >= 0.6 is 0 Å². The number of carbonyl (C=O) groups is 2. The molecule has 1 aromatic heterocycles. The Morgan fingerprint density at radius 1 is 1.20 bits per heavy atom. The molecule has 150 valence electrons. The number of allylic oxidation sites excluding steroid dienone is 1. The Morgan fingerprint density at radius 3 is 2.73 bits per heavy atom. The molecule has 1 N–H and O–H groups in total. The molecule has 7 nitrogen and oxygen atoms in total. The van der Waals surface area contributed by atoms with Crippen molar-refractivity contribution in [3.8, 4) is 22.7 Å². The van der Waals surface area contributed by atoms with E-state index in [4.69, 9.17) is 4.74 Å². The fourth-order valence-electron chi connectivity index (χ4n) is 3.16. The van der Waals surface area contributed by atoms with Gasteiger partial charge >= 0.3 is 0 Å². The van der Waals surface area contributed by atoms with Crippen molar-refractivity contribution in [3.63, 3.8) is 0 Å². The summed E-state index contributed by atoms with van der Waals surface area (Å²) in [5.74, 6) is 0.431. The quantitative estimate of drug-likeness (QED) is 0.643. The molecule has 2 aromatic carbocycles. The van der Waals surface area contributed by atoms with E-state index >= 15 is 0 Å². The molecule has 1 atom stereocenters. The standard InChI is InChI=1S/C23H20N4O3/c1-30-20-9-5-6-16(12-20)21-14-27(19-7-3-2-4-8-19)23(25-21)26-22(29)17-10-11-18(15-28)24-13-17/h2-12,14-15,17H,13H2,1H3,(H,25,26,29). The zero-order valence-electron chi connectivity index (χ0n) is 16.4. The van der Waals surface area contributed by atoms with E-state index in [1.165, 1.54) is 0 Å². The van der Waals surface area contributed by atoms with Crippen LogP contribution in [0.5, 0.6) is 5.75 Å². The number of aldehydes is 1. The topological polar surface area (TPSA) is 85.6 Å². The molecule has 1 amide bonds. The number of dihydropyridines is 1. The van der Waals surface area contributed by atoms with Gasteiger partial charge in [-0.1, -0.05) is 36.4 Å². The van der Waals surface area contributed by atoms with E-state index in [0.29, 0.717) is 23.6 Å². The van der Waals surface area contributed by atoms with E-state index in [2.05, 4.69) is 15.3 Å². The van der Waals surface area contributed by atoms with Gasteiger partial charge < -0.3 is 4.74 Å². The maximum absolute atomic E-state index is 12.8. The monoisotopic (exact) mass is 400 g/mol. The second-order valence-corrected chi connectivity index (χ2v) is 6.73. The molecule has 3 aromatic rings. The number of hydrogen-bond donors (Lipinski definition) is 1. The number of aliphatic imine (C=N–C) groups is 1. The number of methoxy groups -OCH3 is 1. The van der Waals surface area contributed by atoms with Gasteiger partial charge in [-0.15, -0.1) is 0 Å². The summed E-state index contributed by atoms with van der Waals surface area (Å²) in [5.41, 5.74) is 2.78. The van der Waals surface area contributed by atoms with Crippen molar-refractivity contribution in [1.29, 1.82) is 0 Å². The van der Waals surface area contributed by atoms with Gasteiger partial charge in [0.1, 0.15) is 5.75 Å². The summed E-state index contributed by atoms with van der Waals surface area (Å²) in [6, 6.07) is 17.2. The summed E-state index contributed by atoms with van der Waals surface area (Å²) >= 11 is 0. The lowest BCUT2D eigenvalue weighted by molar-refractivity contribution is -0.118. The summed E-state index contributed by atoms with van der Waals surface area (Å²) in [4.78, 5) is 32.4. The summed E-state index contributed by atoms with van der Waals surface area (Å²) in [5, 5.41) is 2.90. The van der Waals surface area contributed by atoms with Gasteiger partial charge in [0.2, 0.25) is 11.9 Å². The minimum Gasteiger partial charge on any atom is -0.497 e. The number of hydrogen-bond acceptors (Lipinski definition) is 5. The largest absolute Gasteiger partial charge is 0.497 e. The van der Waals surface area contributed by atoms with E-state index in [1.807, 2.05) is 65.4 Å². The van der Waals surface area contributed by atoms with E-state index < -0.39 is 5.92 Å². The van der Waals surface area contributed by atoms with Gasteiger partial charge in [-0.05, 0) is 30.3 Å². The molecule has 1 aliphatic heterocycles. The second-order valence-electron chi connectivity index (χ2n) is 6.73. The summed E-state index contributed by atoms with van der Waals surface area (Å²) < 4.78 is 7.14. The molecule has 0 bridgehead atoms. The van der Waals surface area contributed by atoms with Crippen LogP contribution in [0.15, 0.2) is 77.9 Å². The lowest BCUT2D eigenvalue weighted by Crippen LogP contribution is -2.27. The Balaban J connectivity index is 1.66. The molecular formula is C23H20N4O3. The van der Waals surface area contributed by atoms with Crippen LogP contribution in [0.1, 0.15) is 0 Å². The molecule has 0 saturated heterocycles. The Bertz CT molecular complexity index is 1130. The average molecular weight is 400 g/mol. The highest BCUT2D eigenvalue weighted by molar-refractivity contribution is 6.34. The first-order chi connectivity index (χ1) is 14.7. The number of amides is 1. The number of anilines is 1. The number of carbonyl (C=O) groups excluding carboxylic acids is 2. The molecule has 0 saturated carbocycles. The van der Waals surface area contributed by atoms with Gasteiger partial charge in [0.15, 0.2) is 6.29 Å². The van der Waals surface area contributed by atoms with Gasteiger partial charge in [-0.3, -0.25) is 24.5 Å². The minimum atomic E-state index is -0.463. The number of rotatable bonds is 6. The third kappa shape index (κ3) is 4.05. The van der Waals surface area contributed by atoms with Crippen molar-refractivity contribution in [1.82, 2.24) is 9.55 Å². The molecule has 0 aliphatic carbocycles. The highest BCUT2D eigenvalue weighted by atomic mass is 16.5. The Hall–Kier alpha value is -4.00. The van der Waals surface area contributed by atoms with Gasteiger partial charge in [0.25, 0.3) is 0 Å². The highest BCUT2D eigenvalue weighted by Gasteiger charge is 2.21. The molecule has 4 rings (SSSR count). The maximum atomic E-state index is 12.8. The third-order valence-electron chi connectivity index (χ3n) is 4.77. The number of benzene rings is 2. The third-order valence-corrected chi connectivity index (χ3v) is 4.77. The number of ether oxygens (including phenoxy) is 1. The average Bonchev–Trinajstić information content (AvgIpc) is 3.23. The van der Waals surface area contributed by atoms with Crippen molar-refractivity contribution >= 4 is 23.9 Å². The fourth-order valence-corrected chi connectivity index (χ4v) is 3.16. The van der Waals surface area contributed by atoms with Crippen LogP contribution in [-0.2, 0) is 9.59 Å². The van der Waals surface area contributed by atoms with Crippen LogP contribution in [0.25, 0.3) is 16.9 Å². The van der Waals surface area contributed by atoms with Crippen molar-refractivity contribution in [2.75, 3.05) is 19.0 Å². The normalized spacial score (nSPS) is 15.4. The zero-order chi connectivity index (χ0) is 20.9. The van der Waals surface area contributed by atoms with Crippen molar-refractivity contribution < 1.29 is 14.3 Å². The summed E-state index contributed by atoms with van der Waals surface area (Å²) in [6.07, 6.45) is 5.79. The molecule has 0 radical (unpaired) electrons. The molecule has 1 aliphatic rings. The van der Waals surface area contributed by atoms with E-state index in [9.17, 15) is 9.59 Å². The van der Waals surface area contributed by atoms with Crippen LogP contribution in [-0.4, -0.2) is 41.1 Å². The van der Waals surface area contributed by atoms with Crippen LogP contribution in [0.2, 0.25) is 0 Å². The van der Waals surface area contributed by atoms with Crippen LogP contribution < -0.4 is 10.1 Å². The van der Waals surface area contributed by atoms with E-state index in [1.54, 1.807) is 19.3 Å². The fraction of sp³-hybridized carbons (Fsp3) is 0.130. The molecule has 2 heterocycles. The molecular weight excluding hydrogens is 380 g/mol. The van der Waals surface area contributed by atoms with E-state index in [-0.39, 0.29) is 12.5 Å². The maximum Gasteiger partial charge on any atom is 0.235 e. The Morgan fingerprint density at radius 2 is 2.03 bits per heavy atom. The number of aromatic nitrogens is 2. The number of para-hydroxylation sites is 1. The number of nitrogens with zero attached hydrogens (tertiary/aromatic N) is 3. The summed E-state index contributed by atoms with van der Waals surface area (Å²) in [6.45, 7) is 0.227. The predicted octanol–water partition coefficient (Wildman–Crippen LogP) is 3.31. The molecule has 0 fully saturated rings. The van der Waals surface area contributed by atoms with Crippen molar-refractivity contribution in [2.24, 2.45) is 10.9 Å². The molecule has 1 unspecified atom stereocenters. The first-order valence-electron chi connectivity index (χ1n) is 9.46. The highest BCUT2D eigenvalue weighted by Crippen LogP contribution is 2.27. The number of nitrogens with one attached hydrogen (secondary N) is 1. The lowest BCUT2D eigenvalue weighted by Gasteiger charge is -2.14. The van der Waals surface area contributed by atoms with Crippen LogP contribution in [0.4, 0.5) is 5.95 Å². The minimum absolute atomic E-state index is 0.227. The van der Waals surface area contributed by atoms with Crippen molar-refractivity contribution in [3.05, 3.63) is 72.9 Å². The van der Waals surface area contributed by atoms with Crippen molar-refractivity contribution in [2.45, 2.75) is 0 Å². The molecule has 30 heavy (non-hydrogen) atoms. The SMILES string of the molecule is COc1cccc(-c2cn(-c3ccccc3)c(NC(=O)C3C=CC(C=O)=NC3)n2)c1. The number of imidazole rings is 1. The first-order valence-corrected chi connectivity index (χ1v) is 9.46. The van der Waals surface area contributed by atoms with E-state index in [0.717, 1.165) is 17.0 Å². The van der Waals surface area contributed by atoms with Crippen LogP contribution in [0, 0.1) is 5.92 Å².